The van der Waals surface area contributed by atoms with Gasteiger partial charge in [0.05, 0.1) is 17.0 Å². The predicted octanol–water partition coefficient (Wildman–Crippen LogP) is 5.16. The zero-order chi connectivity index (χ0) is 22.0. The molecule has 1 N–H and O–H groups in total. The van der Waals surface area contributed by atoms with E-state index in [-0.39, 0.29) is 5.56 Å². The van der Waals surface area contributed by atoms with Crippen molar-refractivity contribution in [3.8, 4) is 27.7 Å². The normalized spacial score (nSPS) is 11.8. The molecule has 0 spiro atoms. The minimum Gasteiger partial charge on any atom is -0.293 e. The van der Waals surface area contributed by atoms with Gasteiger partial charge in [-0.2, -0.15) is 15.2 Å². The van der Waals surface area contributed by atoms with Crippen molar-refractivity contribution in [2.24, 2.45) is 5.92 Å². The number of nitriles is 2. The number of aryl methyl sites for hydroxylation is 1. The van der Waals surface area contributed by atoms with Gasteiger partial charge in [-0.25, -0.2) is 4.98 Å². The van der Waals surface area contributed by atoms with E-state index in [1.165, 1.54) is 16.0 Å². The van der Waals surface area contributed by atoms with E-state index in [4.69, 9.17) is 0 Å². The average Bonchev–Trinajstić information content (AvgIpc) is 3.38. The molecule has 152 valence electrons. The minimum atomic E-state index is -0.993. The first-order chi connectivity index (χ1) is 15.0. The molecule has 6 nitrogen and oxygen atoms in total. The van der Waals surface area contributed by atoms with Gasteiger partial charge in [-0.3, -0.25) is 9.89 Å². The number of aromatic nitrogens is 3. The number of nitrogens with zero attached hydrogens (tertiary/aromatic N) is 4. The Morgan fingerprint density at radius 2 is 1.77 bits per heavy atom. The molecule has 4 rings (SSSR count). The standard InChI is InChI=1S/C23H16BrN5OS/c1-14-20(21(17(11-25)12-26)16-5-3-2-4-6-16)22(30)29(28-14)23-27-13-19(31-23)15-7-9-18(24)10-8-15/h2-10,13,17,21,28H,1H3/t21-/m0/s1. The van der Waals surface area contributed by atoms with Crippen molar-refractivity contribution in [1.29, 1.82) is 10.5 Å². The molecule has 31 heavy (non-hydrogen) atoms. The largest absolute Gasteiger partial charge is 0.293 e. The zero-order valence-corrected chi connectivity index (χ0v) is 18.8. The molecule has 0 aliphatic heterocycles. The van der Waals surface area contributed by atoms with Crippen molar-refractivity contribution in [3.05, 3.63) is 92.4 Å². The molecule has 8 heteroatoms. The third kappa shape index (κ3) is 3.96. The van der Waals surface area contributed by atoms with Crippen molar-refractivity contribution < 1.29 is 0 Å². The highest BCUT2D eigenvalue weighted by Gasteiger charge is 2.31. The second-order valence-electron chi connectivity index (χ2n) is 6.93. The summed E-state index contributed by atoms with van der Waals surface area (Å²) >= 11 is 4.81. The van der Waals surface area contributed by atoms with Gasteiger partial charge >= 0.3 is 0 Å². The molecule has 0 amide bonds. The summed E-state index contributed by atoms with van der Waals surface area (Å²) in [7, 11) is 0. The fraction of sp³-hybridized carbons (Fsp3) is 0.130. The molecule has 4 aromatic rings. The summed E-state index contributed by atoms with van der Waals surface area (Å²) in [6, 6.07) is 21.1. The minimum absolute atomic E-state index is 0.307. The summed E-state index contributed by atoms with van der Waals surface area (Å²) in [5, 5.41) is 22.7. The Morgan fingerprint density at radius 3 is 2.42 bits per heavy atom. The molecule has 0 bridgehead atoms. The van der Waals surface area contributed by atoms with Gasteiger partial charge in [0, 0.05) is 27.8 Å². The van der Waals surface area contributed by atoms with Gasteiger partial charge in [-0.15, -0.1) is 0 Å². The second kappa shape index (κ2) is 8.73. The summed E-state index contributed by atoms with van der Waals surface area (Å²) in [5.74, 6) is -1.65. The summed E-state index contributed by atoms with van der Waals surface area (Å²) in [6.45, 7) is 1.78. The summed E-state index contributed by atoms with van der Waals surface area (Å²) in [6.07, 6.45) is 1.73. The van der Waals surface area contributed by atoms with Crippen LogP contribution in [-0.2, 0) is 0 Å². The fourth-order valence-electron chi connectivity index (χ4n) is 3.54. The van der Waals surface area contributed by atoms with Crippen LogP contribution >= 0.6 is 27.3 Å². The zero-order valence-electron chi connectivity index (χ0n) is 16.4. The Balaban J connectivity index is 1.80. The Labute approximate surface area is 191 Å². The lowest BCUT2D eigenvalue weighted by Gasteiger charge is -2.16. The number of halogens is 1. The first kappa shape index (κ1) is 20.8. The van der Waals surface area contributed by atoms with E-state index < -0.39 is 11.8 Å². The number of aromatic amines is 1. The van der Waals surface area contributed by atoms with Gasteiger partial charge in [-0.05, 0) is 30.2 Å². The number of hydrogen-bond donors (Lipinski definition) is 1. The van der Waals surface area contributed by atoms with Crippen LogP contribution in [0.15, 0.2) is 70.1 Å². The molecule has 1 atom stereocenters. The molecule has 0 saturated heterocycles. The van der Waals surface area contributed by atoms with E-state index >= 15 is 0 Å². The highest BCUT2D eigenvalue weighted by atomic mass is 79.9. The average molecular weight is 490 g/mol. The molecule has 0 unspecified atom stereocenters. The molecule has 0 aliphatic rings. The smallest absolute Gasteiger partial charge is 0.277 e. The van der Waals surface area contributed by atoms with E-state index in [0.29, 0.717) is 16.4 Å². The van der Waals surface area contributed by atoms with Crippen LogP contribution in [0, 0.1) is 35.5 Å². The number of thiazole rings is 1. The summed E-state index contributed by atoms with van der Waals surface area (Å²) in [4.78, 5) is 18.8. The fourth-order valence-corrected chi connectivity index (χ4v) is 4.69. The van der Waals surface area contributed by atoms with Crippen molar-refractivity contribution in [1.82, 2.24) is 14.8 Å². The number of H-pyrrole nitrogens is 1. The number of nitrogens with one attached hydrogen (secondary N) is 1. The lowest BCUT2D eigenvalue weighted by Crippen LogP contribution is -2.23. The van der Waals surface area contributed by atoms with Crippen molar-refractivity contribution in [2.75, 3.05) is 0 Å². The lowest BCUT2D eigenvalue weighted by molar-refractivity contribution is 0.699. The van der Waals surface area contributed by atoms with E-state index in [1.807, 2.05) is 66.7 Å². The SMILES string of the molecule is Cc1[nH]n(-c2ncc(-c3ccc(Br)cc3)s2)c(=O)c1[C@@H](c1ccccc1)C(C#N)C#N. The first-order valence-corrected chi connectivity index (χ1v) is 11.0. The predicted molar refractivity (Wildman–Crippen MR) is 123 cm³/mol. The third-order valence-electron chi connectivity index (χ3n) is 5.01. The highest BCUT2D eigenvalue weighted by molar-refractivity contribution is 9.10. The molecule has 2 aromatic heterocycles. The summed E-state index contributed by atoms with van der Waals surface area (Å²) in [5.41, 5.74) is 2.45. The van der Waals surface area contributed by atoms with Crippen molar-refractivity contribution >= 4 is 27.3 Å². The molecule has 0 aliphatic carbocycles. The van der Waals surface area contributed by atoms with E-state index in [9.17, 15) is 15.3 Å². The van der Waals surface area contributed by atoms with Crippen LogP contribution in [0.25, 0.3) is 15.6 Å². The van der Waals surface area contributed by atoms with Gasteiger partial charge in [0.25, 0.3) is 5.56 Å². The molecule has 2 heterocycles. The van der Waals surface area contributed by atoms with Gasteiger partial charge in [0.1, 0.15) is 5.92 Å². The van der Waals surface area contributed by atoms with Gasteiger partial charge in [0.15, 0.2) is 0 Å². The second-order valence-corrected chi connectivity index (χ2v) is 8.85. The monoisotopic (exact) mass is 489 g/mol. The Bertz CT molecular complexity index is 1340. The van der Waals surface area contributed by atoms with Crippen LogP contribution in [0.5, 0.6) is 0 Å². The Kier molecular flexibility index (Phi) is 5.85. The number of rotatable bonds is 5. The third-order valence-corrected chi connectivity index (χ3v) is 6.57. The van der Waals surface area contributed by atoms with Gasteiger partial charge < -0.3 is 0 Å². The molecule has 0 radical (unpaired) electrons. The van der Waals surface area contributed by atoms with Crippen LogP contribution in [0.1, 0.15) is 22.7 Å². The van der Waals surface area contributed by atoms with Crippen LogP contribution in [0.3, 0.4) is 0 Å². The van der Waals surface area contributed by atoms with Crippen molar-refractivity contribution in [2.45, 2.75) is 12.8 Å². The molecule has 2 aromatic carbocycles. The van der Waals surface area contributed by atoms with Crippen molar-refractivity contribution in [3.63, 3.8) is 0 Å². The maximum atomic E-state index is 13.4. The van der Waals surface area contributed by atoms with Crippen LogP contribution < -0.4 is 5.56 Å². The molecule has 0 fully saturated rings. The van der Waals surface area contributed by atoms with Gasteiger partial charge in [-0.1, -0.05) is 69.7 Å². The Hall–Kier alpha value is -3.46. The van der Waals surface area contributed by atoms with E-state index in [1.54, 1.807) is 13.1 Å². The van der Waals surface area contributed by atoms with Crippen LogP contribution in [-0.4, -0.2) is 14.8 Å². The summed E-state index contributed by atoms with van der Waals surface area (Å²) < 4.78 is 2.37. The number of benzene rings is 2. The lowest BCUT2D eigenvalue weighted by atomic mass is 9.82. The van der Waals surface area contributed by atoms with E-state index in [2.05, 4.69) is 26.0 Å². The quantitative estimate of drug-likeness (QED) is 0.418. The molecule has 0 saturated carbocycles. The van der Waals surface area contributed by atoms with Crippen LogP contribution in [0.4, 0.5) is 0 Å². The number of hydrogen-bond acceptors (Lipinski definition) is 5. The Morgan fingerprint density at radius 1 is 1.10 bits per heavy atom. The maximum Gasteiger partial charge on any atom is 0.277 e. The maximum absolute atomic E-state index is 13.4. The topological polar surface area (TPSA) is 98.3 Å². The highest BCUT2D eigenvalue weighted by Crippen LogP contribution is 2.33. The molecular weight excluding hydrogens is 474 g/mol. The first-order valence-electron chi connectivity index (χ1n) is 9.41. The van der Waals surface area contributed by atoms with Crippen LogP contribution in [0.2, 0.25) is 0 Å². The molecular formula is C23H16BrN5OS. The van der Waals surface area contributed by atoms with Gasteiger partial charge in [0.2, 0.25) is 5.13 Å². The van der Waals surface area contributed by atoms with E-state index in [0.717, 1.165) is 20.5 Å².